The first kappa shape index (κ1) is 18.3. The van der Waals surface area contributed by atoms with Crippen LogP contribution in [0.2, 0.25) is 0 Å². The van der Waals surface area contributed by atoms with Crippen LogP contribution in [0, 0.1) is 0 Å². The van der Waals surface area contributed by atoms with Gasteiger partial charge in [0.1, 0.15) is 0 Å². The van der Waals surface area contributed by atoms with Crippen LogP contribution in [0.5, 0.6) is 11.5 Å². The van der Waals surface area contributed by atoms with Gasteiger partial charge in [-0.25, -0.2) is 0 Å². The maximum atomic E-state index is 12.9. The lowest BCUT2D eigenvalue weighted by atomic mass is 10.0. The molecule has 3 rings (SSSR count). The van der Waals surface area contributed by atoms with E-state index >= 15 is 0 Å². The summed E-state index contributed by atoms with van der Waals surface area (Å²) < 4.78 is 10.8. The average molecular weight is 354 g/mol. The average Bonchev–Trinajstić information content (AvgIpc) is 3.10. The van der Waals surface area contributed by atoms with Crippen molar-refractivity contribution in [3.8, 4) is 11.5 Å². The molecule has 1 aliphatic rings. The maximum absolute atomic E-state index is 12.9. The fraction of sp³-hybridized carbons (Fsp3) is 0.381. The molecule has 2 N–H and O–H groups in total. The van der Waals surface area contributed by atoms with Gasteiger partial charge in [0, 0.05) is 12.6 Å². The zero-order valence-electron chi connectivity index (χ0n) is 15.4. The van der Waals surface area contributed by atoms with E-state index in [0.29, 0.717) is 13.0 Å². The Bertz CT molecular complexity index is 748. The third-order valence-electron chi connectivity index (χ3n) is 4.74. The zero-order chi connectivity index (χ0) is 18.5. The van der Waals surface area contributed by atoms with E-state index in [9.17, 15) is 4.79 Å². The Balaban J connectivity index is 1.64. The van der Waals surface area contributed by atoms with Gasteiger partial charge >= 0.3 is 0 Å². The molecule has 5 heteroatoms. The maximum Gasteiger partial charge on any atom is 0.240 e. The van der Waals surface area contributed by atoms with Crippen molar-refractivity contribution in [2.75, 3.05) is 13.3 Å². The molecule has 2 aromatic rings. The largest absolute Gasteiger partial charge is 0.454 e. The van der Waals surface area contributed by atoms with Crippen molar-refractivity contribution in [2.24, 2.45) is 5.73 Å². The van der Waals surface area contributed by atoms with Crippen LogP contribution < -0.4 is 15.2 Å². The predicted octanol–water partition coefficient (Wildman–Crippen LogP) is 2.76. The molecule has 138 valence electrons. The van der Waals surface area contributed by atoms with E-state index in [1.54, 1.807) is 0 Å². The Kier molecular flexibility index (Phi) is 5.78. The molecule has 1 heterocycles. The Morgan fingerprint density at radius 3 is 2.54 bits per heavy atom. The van der Waals surface area contributed by atoms with E-state index in [2.05, 4.69) is 6.92 Å². The van der Waals surface area contributed by atoms with Gasteiger partial charge in [-0.15, -0.1) is 0 Å². The molecule has 1 unspecified atom stereocenters. The second-order valence-electron chi connectivity index (χ2n) is 6.66. The van der Waals surface area contributed by atoms with Crippen LogP contribution in [0.1, 0.15) is 25.0 Å². The summed E-state index contributed by atoms with van der Waals surface area (Å²) in [5.74, 6) is 1.53. The van der Waals surface area contributed by atoms with Crippen molar-refractivity contribution >= 4 is 5.91 Å². The van der Waals surface area contributed by atoms with Gasteiger partial charge in [0.15, 0.2) is 11.5 Å². The van der Waals surface area contributed by atoms with Crippen molar-refractivity contribution in [2.45, 2.75) is 38.8 Å². The van der Waals surface area contributed by atoms with E-state index in [-0.39, 0.29) is 18.7 Å². The van der Waals surface area contributed by atoms with Crippen molar-refractivity contribution in [3.05, 3.63) is 59.7 Å². The summed E-state index contributed by atoms with van der Waals surface area (Å²) in [5, 5.41) is 0. The third-order valence-corrected chi connectivity index (χ3v) is 4.74. The molecule has 2 atom stereocenters. The van der Waals surface area contributed by atoms with Crippen LogP contribution in [0.4, 0.5) is 0 Å². The molecule has 0 aromatic heterocycles. The number of benzene rings is 2. The van der Waals surface area contributed by atoms with E-state index in [1.165, 1.54) is 0 Å². The monoisotopic (exact) mass is 354 g/mol. The van der Waals surface area contributed by atoms with E-state index in [0.717, 1.165) is 29.0 Å². The SMILES string of the molecule is CCN(C(=O)[C@@H](N)Cc1ccccc1)C(C)Cc1ccc2c(c1)OCO2. The molecule has 0 spiro atoms. The summed E-state index contributed by atoms with van der Waals surface area (Å²) in [6, 6.07) is 15.3. The Morgan fingerprint density at radius 1 is 1.08 bits per heavy atom. The van der Waals surface area contributed by atoms with Crippen LogP contribution in [0.25, 0.3) is 0 Å². The normalized spacial score (nSPS) is 14.7. The minimum atomic E-state index is -0.531. The van der Waals surface area contributed by atoms with Gasteiger partial charge in [-0.3, -0.25) is 4.79 Å². The second kappa shape index (κ2) is 8.23. The van der Waals surface area contributed by atoms with Crippen molar-refractivity contribution < 1.29 is 14.3 Å². The molecule has 0 radical (unpaired) electrons. The number of likely N-dealkylation sites (N-methyl/N-ethyl adjacent to an activating group) is 1. The highest BCUT2D eigenvalue weighted by molar-refractivity contribution is 5.82. The number of amides is 1. The van der Waals surface area contributed by atoms with Gasteiger partial charge in [0.05, 0.1) is 6.04 Å². The molecule has 0 bridgehead atoms. The number of nitrogens with two attached hydrogens (primary N) is 1. The van der Waals surface area contributed by atoms with Crippen LogP contribution >= 0.6 is 0 Å². The molecule has 0 saturated carbocycles. The standard InChI is InChI=1S/C21H26N2O3/c1-3-23(21(24)18(22)12-16-7-5-4-6-8-16)15(2)11-17-9-10-19-20(13-17)26-14-25-19/h4-10,13,15,18H,3,11-12,14,22H2,1-2H3/t15?,18-/m0/s1. The minimum Gasteiger partial charge on any atom is -0.454 e. The lowest BCUT2D eigenvalue weighted by molar-refractivity contribution is -0.134. The summed E-state index contributed by atoms with van der Waals surface area (Å²) in [5.41, 5.74) is 8.40. The lowest BCUT2D eigenvalue weighted by Gasteiger charge is -2.30. The summed E-state index contributed by atoms with van der Waals surface area (Å²) in [4.78, 5) is 14.7. The number of nitrogens with zero attached hydrogens (tertiary/aromatic N) is 1. The first-order valence-corrected chi connectivity index (χ1v) is 9.07. The third kappa shape index (κ3) is 4.17. The molecule has 0 fully saturated rings. The molecule has 26 heavy (non-hydrogen) atoms. The Morgan fingerprint density at radius 2 is 1.81 bits per heavy atom. The summed E-state index contributed by atoms with van der Waals surface area (Å²) in [6.45, 7) is 4.94. The molecule has 1 aliphatic heterocycles. The second-order valence-corrected chi connectivity index (χ2v) is 6.66. The minimum absolute atomic E-state index is 0.00963. The zero-order valence-corrected chi connectivity index (χ0v) is 15.4. The van der Waals surface area contributed by atoms with Gasteiger partial charge in [-0.1, -0.05) is 36.4 Å². The van der Waals surface area contributed by atoms with Crippen molar-refractivity contribution in [1.82, 2.24) is 4.90 Å². The highest BCUT2D eigenvalue weighted by Crippen LogP contribution is 2.33. The van der Waals surface area contributed by atoms with Gasteiger partial charge in [-0.05, 0) is 49.9 Å². The smallest absolute Gasteiger partial charge is 0.240 e. The summed E-state index contributed by atoms with van der Waals surface area (Å²) >= 11 is 0. The van der Waals surface area contributed by atoms with Crippen LogP contribution in [-0.2, 0) is 17.6 Å². The van der Waals surface area contributed by atoms with Crippen molar-refractivity contribution in [1.29, 1.82) is 0 Å². The molecular formula is C21H26N2O3. The summed E-state index contributed by atoms with van der Waals surface area (Å²) in [6.07, 6.45) is 1.29. The van der Waals surface area contributed by atoms with Gasteiger partial charge in [0.2, 0.25) is 12.7 Å². The van der Waals surface area contributed by atoms with E-state index in [4.69, 9.17) is 15.2 Å². The fourth-order valence-corrected chi connectivity index (χ4v) is 3.37. The van der Waals surface area contributed by atoms with Crippen LogP contribution in [0.15, 0.2) is 48.5 Å². The number of rotatable bonds is 7. The van der Waals surface area contributed by atoms with E-state index < -0.39 is 6.04 Å². The topological polar surface area (TPSA) is 64.8 Å². The van der Waals surface area contributed by atoms with Gasteiger partial charge in [-0.2, -0.15) is 0 Å². The first-order valence-electron chi connectivity index (χ1n) is 9.07. The lowest BCUT2D eigenvalue weighted by Crippen LogP contribution is -2.49. The van der Waals surface area contributed by atoms with Crippen LogP contribution in [-0.4, -0.2) is 36.2 Å². The van der Waals surface area contributed by atoms with E-state index in [1.807, 2.05) is 60.4 Å². The van der Waals surface area contributed by atoms with Gasteiger partial charge < -0.3 is 20.1 Å². The highest BCUT2D eigenvalue weighted by Gasteiger charge is 2.25. The van der Waals surface area contributed by atoms with Crippen LogP contribution in [0.3, 0.4) is 0 Å². The number of carbonyl (C=O) groups is 1. The summed E-state index contributed by atoms with van der Waals surface area (Å²) in [7, 11) is 0. The van der Waals surface area contributed by atoms with Crippen molar-refractivity contribution in [3.63, 3.8) is 0 Å². The number of carbonyl (C=O) groups excluding carboxylic acids is 1. The van der Waals surface area contributed by atoms with Gasteiger partial charge in [0.25, 0.3) is 0 Å². The molecule has 2 aromatic carbocycles. The molecular weight excluding hydrogens is 328 g/mol. The Labute approximate surface area is 154 Å². The molecule has 5 nitrogen and oxygen atoms in total. The quantitative estimate of drug-likeness (QED) is 0.830. The number of fused-ring (bicyclic) bond motifs is 1. The molecule has 0 aliphatic carbocycles. The Hall–Kier alpha value is -2.53. The number of hydrogen-bond donors (Lipinski definition) is 1. The number of ether oxygens (including phenoxy) is 2. The fourth-order valence-electron chi connectivity index (χ4n) is 3.37. The first-order chi connectivity index (χ1) is 12.6. The highest BCUT2D eigenvalue weighted by atomic mass is 16.7. The molecule has 0 saturated heterocycles. The molecule has 1 amide bonds. The number of hydrogen-bond acceptors (Lipinski definition) is 4. The predicted molar refractivity (Wildman–Crippen MR) is 101 cm³/mol.